The van der Waals surface area contributed by atoms with Crippen molar-refractivity contribution in [2.24, 2.45) is 5.41 Å². The molecular weight excluding hydrogens is 875 g/mol. The maximum Gasteiger partial charge on any atom is 0.276 e. The summed E-state index contributed by atoms with van der Waals surface area (Å²) >= 11 is 0. The lowest BCUT2D eigenvalue weighted by atomic mass is 9.90. The van der Waals surface area contributed by atoms with E-state index in [2.05, 4.69) is 86.0 Å². The molecule has 3 saturated heterocycles. The number of imide groups is 2. The number of pyridine rings is 1. The Labute approximate surface area is 399 Å². The van der Waals surface area contributed by atoms with Gasteiger partial charge in [0.05, 0.1) is 28.6 Å². The van der Waals surface area contributed by atoms with Crippen LogP contribution >= 0.6 is 0 Å². The number of fused-ring (bicyclic) bond motifs is 7. The Bertz CT molecular complexity index is 3000. The molecule has 69 heavy (non-hydrogen) atoms. The fraction of sp³-hybridized carbons (Fsp3) is 0.423. The third-order valence-electron chi connectivity index (χ3n) is 15.6. The lowest BCUT2D eigenvalue weighted by Crippen LogP contribution is -2.59. The lowest BCUT2D eigenvalue weighted by Gasteiger charge is -2.50. The van der Waals surface area contributed by atoms with E-state index in [1.54, 1.807) is 24.5 Å². The van der Waals surface area contributed by atoms with E-state index in [-0.39, 0.29) is 47.4 Å². The molecule has 5 amide bonds. The zero-order chi connectivity index (χ0) is 47.5. The van der Waals surface area contributed by atoms with Crippen LogP contribution in [0.25, 0.3) is 11.3 Å². The number of nitrogens with zero attached hydrogens (tertiary/aromatic N) is 9. The fourth-order valence-corrected chi connectivity index (χ4v) is 12.2. The molecule has 0 bridgehead atoms. The van der Waals surface area contributed by atoms with E-state index in [0.29, 0.717) is 36.7 Å². The quantitative estimate of drug-likeness (QED) is 0.195. The molecule has 0 spiro atoms. The highest BCUT2D eigenvalue weighted by molar-refractivity contribution is 6.24. The monoisotopic (exact) mass is 929 g/mol. The molecule has 6 aliphatic heterocycles. The van der Waals surface area contributed by atoms with Crippen LogP contribution in [0.15, 0.2) is 67.0 Å². The summed E-state index contributed by atoms with van der Waals surface area (Å²) in [5, 5.41) is 5.67. The average Bonchev–Trinajstić information content (AvgIpc) is 3.92. The molecular formula is C52H55N11O6. The van der Waals surface area contributed by atoms with Gasteiger partial charge in [-0.05, 0) is 112 Å². The number of anilines is 5. The van der Waals surface area contributed by atoms with Crippen LogP contribution in [0.2, 0.25) is 0 Å². The minimum Gasteiger partial charge on any atom is -0.489 e. The SMILES string of the molecule is Cc1c(-c2ccnc(Nc3ccc(N4CCN(C5CCN6c7cc8c(cc7OCC6C5)C(=O)N(C5CCC(=O)NC5=O)C8=O)C[C@@H]4C)cc3)n2)ccnc1N1CCn2c(cc3c2CC(C)(C)C3)C1=O. The second kappa shape index (κ2) is 16.2. The average molecular weight is 930 g/mol. The van der Waals surface area contributed by atoms with Gasteiger partial charge >= 0.3 is 0 Å². The van der Waals surface area contributed by atoms with E-state index in [0.717, 1.165) is 103 Å². The molecule has 0 radical (unpaired) electrons. The van der Waals surface area contributed by atoms with E-state index in [4.69, 9.17) is 14.7 Å². The molecule has 17 heteroatoms. The second-order valence-corrected chi connectivity index (χ2v) is 20.6. The molecule has 4 atom stereocenters. The Morgan fingerprint density at radius 2 is 1.59 bits per heavy atom. The number of ether oxygens (including phenoxy) is 1. The van der Waals surface area contributed by atoms with Crippen LogP contribution < -0.4 is 30.1 Å². The molecule has 0 saturated carbocycles. The van der Waals surface area contributed by atoms with Gasteiger partial charge in [0, 0.05) is 98.4 Å². The van der Waals surface area contributed by atoms with Crippen LogP contribution in [0.1, 0.15) is 94.5 Å². The largest absolute Gasteiger partial charge is 0.489 e. The van der Waals surface area contributed by atoms with Gasteiger partial charge in [-0.15, -0.1) is 0 Å². The van der Waals surface area contributed by atoms with Gasteiger partial charge in [-0.2, -0.15) is 0 Å². The molecule has 354 valence electrons. The van der Waals surface area contributed by atoms with Crippen molar-refractivity contribution in [3.63, 3.8) is 0 Å². The summed E-state index contributed by atoms with van der Waals surface area (Å²) in [6.45, 7) is 14.2. The van der Waals surface area contributed by atoms with E-state index >= 15 is 0 Å². The van der Waals surface area contributed by atoms with Crippen molar-refractivity contribution in [1.29, 1.82) is 0 Å². The summed E-state index contributed by atoms with van der Waals surface area (Å²) in [6.07, 6.45) is 7.55. The van der Waals surface area contributed by atoms with Crippen LogP contribution in [-0.2, 0) is 29.0 Å². The van der Waals surface area contributed by atoms with Gasteiger partial charge in [-0.3, -0.25) is 44.0 Å². The molecule has 2 N–H and O–H groups in total. The predicted molar refractivity (Wildman–Crippen MR) is 258 cm³/mol. The van der Waals surface area contributed by atoms with Crippen molar-refractivity contribution in [1.82, 2.24) is 34.6 Å². The Balaban J connectivity index is 0.669. The normalized spacial score (nSPS) is 24.1. The third kappa shape index (κ3) is 7.31. The summed E-state index contributed by atoms with van der Waals surface area (Å²) in [6, 6.07) is 17.5. The molecule has 3 fully saturated rings. The summed E-state index contributed by atoms with van der Waals surface area (Å²) in [4.78, 5) is 89.7. The molecule has 12 rings (SSSR count). The Kier molecular flexibility index (Phi) is 10.2. The molecule has 9 heterocycles. The van der Waals surface area contributed by atoms with Gasteiger partial charge in [0.2, 0.25) is 17.8 Å². The maximum atomic E-state index is 13.9. The number of carbonyl (C=O) groups is 5. The highest BCUT2D eigenvalue weighted by Crippen LogP contribution is 2.44. The number of carbonyl (C=O) groups excluding carboxylic acids is 5. The van der Waals surface area contributed by atoms with E-state index in [1.807, 2.05) is 24.0 Å². The van der Waals surface area contributed by atoms with Crippen molar-refractivity contribution < 1.29 is 28.7 Å². The van der Waals surface area contributed by atoms with Crippen LogP contribution in [0.3, 0.4) is 0 Å². The zero-order valence-corrected chi connectivity index (χ0v) is 39.3. The van der Waals surface area contributed by atoms with Crippen LogP contribution in [0.5, 0.6) is 5.75 Å². The van der Waals surface area contributed by atoms with Crippen LogP contribution in [0, 0.1) is 12.3 Å². The first-order valence-corrected chi connectivity index (χ1v) is 24.3. The van der Waals surface area contributed by atoms with Gasteiger partial charge in [0.1, 0.15) is 29.9 Å². The first-order chi connectivity index (χ1) is 33.3. The van der Waals surface area contributed by atoms with E-state index in [1.165, 1.54) is 11.3 Å². The van der Waals surface area contributed by atoms with Crippen LogP contribution in [0.4, 0.5) is 28.8 Å². The van der Waals surface area contributed by atoms with Crippen molar-refractivity contribution in [3.8, 4) is 17.0 Å². The zero-order valence-electron chi connectivity index (χ0n) is 39.3. The molecule has 1 aliphatic carbocycles. The smallest absolute Gasteiger partial charge is 0.276 e. The molecule has 3 aromatic heterocycles. The van der Waals surface area contributed by atoms with Crippen LogP contribution in [-0.4, -0.2) is 122 Å². The molecule has 7 aliphatic rings. The Hall–Kier alpha value is -7.14. The Morgan fingerprint density at radius 3 is 2.39 bits per heavy atom. The fourth-order valence-electron chi connectivity index (χ4n) is 12.2. The van der Waals surface area contributed by atoms with Crippen molar-refractivity contribution >= 4 is 58.4 Å². The lowest BCUT2D eigenvalue weighted by molar-refractivity contribution is -0.136. The summed E-state index contributed by atoms with van der Waals surface area (Å²) in [5.41, 5.74) is 9.45. The first-order valence-electron chi connectivity index (χ1n) is 24.3. The highest BCUT2D eigenvalue weighted by atomic mass is 16.5. The van der Waals surface area contributed by atoms with Gasteiger partial charge in [0.25, 0.3) is 17.7 Å². The molecule has 17 nitrogen and oxygen atoms in total. The van der Waals surface area contributed by atoms with Gasteiger partial charge in [-0.25, -0.2) is 15.0 Å². The second-order valence-electron chi connectivity index (χ2n) is 20.6. The van der Waals surface area contributed by atoms with Gasteiger partial charge < -0.3 is 24.4 Å². The molecule has 5 aromatic rings. The number of piperidine rings is 2. The standard InChI is InChI=1S/C52H55N11O6/c1-29-27-58(34-13-16-60-35(22-34)28-69-44-24-38-37(23-41(44)60)48(66)63(49(38)67)40-9-10-45(64)57-47(40)65)17-18-59(29)33-7-5-32(6-8-33)55-51-54-15-12-39(56-51)36-11-14-53-46(30(36)2)62-20-19-61-42(50(62)68)21-31-25-52(3,4)26-43(31)61/h5-8,11-12,14-15,21,23-24,29,34-35,40H,9-10,13,16-20,22,25-28H2,1-4H3,(H,54,55,56)(H,57,64,65)/t29-,34?,35?,40?/m0/s1. The molecule has 3 unspecified atom stereocenters. The highest BCUT2D eigenvalue weighted by Gasteiger charge is 2.47. The number of aromatic nitrogens is 4. The number of amides is 5. The minimum absolute atomic E-state index is 0.00972. The number of benzene rings is 2. The van der Waals surface area contributed by atoms with E-state index in [9.17, 15) is 24.0 Å². The summed E-state index contributed by atoms with van der Waals surface area (Å²) < 4.78 is 8.50. The van der Waals surface area contributed by atoms with Gasteiger partial charge in [-0.1, -0.05) is 13.8 Å². The van der Waals surface area contributed by atoms with E-state index < -0.39 is 29.7 Å². The van der Waals surface area contributed by atoms with Crippen molar-refractivity contribution in [2.75, 3.05) is 59.3 Å². The maximum absolute atomic E-state index is 13.9. The predicted octanol–water partition coefficient (Wildman–Crippen LogP) is 5.52. The number of rotatable bonds is 7. The number of hydrogen-bond donors (Lipinski definition) is 2. The topological polar surface area (TPSA) is 178 Å². The number of nitrogens with one attached hydrogen (secondary N) is 2. The minimum atomic E-state index is -1.01. The van der Waals surface area contributed by atoms with Crippen molar-refractivity contribution in [2.45, 2.75) is 96.9 Å². The summed E-state index contributed by atoms with van der Waals surface area (Å²) in [5.74, 6) is -0.364. The first kappa shape index (κ1) is 43.2. The number of hydrogen-bond acceptors (Lipinski definition) is 13. The van der Waals surface area contributed by atoms with Gasteiger partial charge in [0.15, 0.2) is 0 Å². The number of piperazine rings is 1. The van der Waals surface area contributed by atoms with Crippen molar-refractivity contribution in [3.05, 3.63) is 101 Å². The third-order valence-corrected chi connectivity index (χ3v) is 15.6. The Morgan fingerprint density at radius 1 is 0.797 bits per heavy atom. The summed E-state index contributed by atoms with van der Waals surface area (Å²) in [7, 11) is 0. The molecule has 2 aromatic carbocycles.